The third-order valence-corrected chi connectivity index (χ3v) is 6.16. The molecule has 1 fully saturated rings. The summed E-state index contributed by atoms with van der Waals surface area (Å²) in [6.07, 6.45) is 2.58. The molecule has 1 aromatic carbocycles. The van der Waals surface area contributed by atoms with Gasteiger partial charge in [-0.25, -0.2) is 18.2 Å². The van der Waals surface area contributed by atoms with E-state index in [0.717, 1.165) is 6.07 Å². The average Bonchev–Trinajstić information content (AvgIpc) is 2.67. The zero-order valence-corrected chi connectivity index (χ0v) is 18.2. The van der Waals surface area contributed by atoms with Crippen molar-refractivity contribution in [3.8, 4) is 0 Å². The van der Waals surface area contributed by atoms with Gasteiger partial charge in [0.2, 0.25) is 0 Å². The number of hydrogen-bond donors (Lipinski definition) is 2. The number of nitrogens with two attached hydrogens (primary N) is 1. The Morgan fingerprint density at radius 1 is 1.29 bits per heavy atom. The highest BCUT2D eigenvalue weighted by molar-refractivity contribution is 6.30. The Kier molecular flexibility index (Phi) is 6.06. The fourth-order valence-electron chi connectivity index (χ4n) is 3.94. The summed E-state index contributed by atoms with van der Waals surface area (Å²) in [7, 11) is 0. The summed E-state index contributed by atoms with van der Waals surface area (Å²) in [6.45, 7) is 4.04. The number of nitrogens with zero attached hydrogens (tertiary/aromatic N) is 2. The average molecular weight is 453 g/mol. The third kappa shape index (κ3) is 4.13. The molecule has 166 valence electrons. The number of benzene rings is 1. The van der Waals surface area contributed by atoms with Crippen LogP contribution in [0.15, 0.2) is 41.5 Å². The minimum atomic E-state index is -3.39. The Morgan fingerprint density at radius 3 is 2.48 bits per heavy atom. The number of amidine groups is 1. The number of alkyl halides is 2. The molecule has 1 atom stereocenters. The van der Waals surface area contributed by atoms with E-state index < -0.39 is 28.6 Å². The van der Waals surface area contributed by atoms with Crippen LogP contribution >= 0.6 is 11.6 Å². The van der Waals surface area contributed by atoms with Gasteiger partial charge >= 0.3 is 0 Å². The fraction of sp³-hybridized carbons (Fsp3) is 0.409. The van der Waals surface area contributed by atoms with Crippen LogP contribution in [-0.2, 0) is 5.54 Å². The Balaban J connectivity index is 2.03. The molecular weight excluding hydrogens is 429 g/mol. The lowest BCUT2D eigenvalue weighted by molar-refractivity contribution is -0.196. The second-order valence-electron chi connectivity index (χ2n) is 8.32. The predicted octanol–water partition coefficient (Wildman–Crippen LogP) is 5.54. The van der Waals surface area contributed by atoms with Crippen molar-refractivity contribution < 1.29 is 18.0 Å². The zero-order valence-electron chi connectivity index (χ0n) is 17.5. The maximum atomic E-state index is 15.8. The monoisotopic (exact) mass is 452 g/mol. The highest BCUT2D eigenvalue weighted by Gasteiger charge is 2.65. The molecule has 9 heteroatoms. The summed E-state index contributed by atoms with van der Waals surface area (Å²) in [5.74, 6) is -4.94. The highest BCUT2D eigenvalue weighted by atomic mass is 35.5. The molecule has 1 saturated carbocycles. The molecular formula is C22H24ClF3N4O. The highest BCUT2D eigenvalue weighted by Crippen LogP contribution is 2.60. The molecule has 0 aliphatic heterocycles. The quantitative estimate of drug-likeness (QED) is 0.445. The number of nitrogens with one attached hydrogen (secondary N) is 1. The van der Waals surface area contributed by atoms with Crippen molar-refractivity contribution in [3.05, 3.63) is 58.6 Å². The number of amides is 1. The first-order valence-electron chi connectivity index (χ1n) is 9.82. The summed E-state index contributed by atoms with van der Waals surface area (Å²) in [4.78, 5) is 20.4. The number of rotatable bonds is 6. The van der Waals surface area contributed by atoms with E-state index in [9.17, 15) is 9.18 Å². The Hall–Kier alpha value is -2.61. The van der Waals surface area contributed by atoms with Gasteiger partial charge in [-0.2, -0.15) is 0 Å². The molecule has 3 rings (SSSR count). The Morgan fingerprint density at radius 2 is 1.97 bits per heavy atom. The van der Waals surface area contributed by atoms with Crippen molar-refractivity contribution in [2.45, 2.75) is 51.5 Å². The van der Waals surface area contributed by atoms with Crippen molar-refractivity contribution in [2.75, 3.05) is 5.32 Å². The van der Waals surface area contributed by atoms with Crippen LogP contribution in [0.4, 0.5) is 18.9 Å². The summed E-state index contributed by atoms with van der Waals surface area (Å²) >= 11 is 5.77. The number of halogens is 4. The van der Waals surface area contributed by atoms with Crippen LogP contribution in [0.25, 0.3) is 0 Å². The number of anilines is 1. The number of carbonyl (C=O) groups excluding carboxylic acids is 1. The summed E-state index contributed by atoms with van der Waals surface area (Å²) < 4.78 is 46.4. The van der Waals surface area contributed by atoms with Gasteiger partial charge in [-0.15, -0.1) is 0 Å². The molecule has 1 aromatic heterocycles. The van der Waals surface area contributed by atoms with Crippen molar-refractivity contribution in [1.29, 1.82) is 0 Å². The minimum absolute atomic E-state index is 0.0705. The largest absolute Gasteiger partial charge is 0.388 e. The van der Waals surface area contributed by atoms with Gasteiger partial charge < -0.3 is 11.1 Å². The van der Waals surface area contributed by atoms with E-state index in [1.54, 1.807) is 0 Å². The second kappa shape index (κ2) is 8.15. The van der Waals surface area contributed by atoms with Crippen LogP contribution in [0.5, 0.6) is 0 Å². The van der Waals surface area contributed by atoms with E-state index in [4.69, 9.17) is 17.3 Å². The molecule has 0 spiro atoms. The van der Waals surface area contributed by atoms with Crippen molar-refractivity contribution >= 4 is 29.0 Å². The standard InChI is InChI=1S/C22H24ClF3N4O/c1-13(27)30-21(3,22(25,26)20(2)9-4-10-20)16-11-15(6-7-17(16)24)29-19(31)18-8-5-14(23)12-28-18/h5-8,11-12H,4,9-10H2,1-3H3,(H2,27,30)(H,29,31). The van der Waals surface area contributed by atoms with Crippen LogP contribution in [0.1, 0.15) is 56.1 Å². The minimum Gasteiger partial charge on any atom is -0.388 e. The molecule has 1 aliphatic carbocycles. The third-order valence-electron chi connectivity index (χ3n) is 5.94. The Bertz CT molecular complexity index is 1020. The van der Waals surface area contributed by atoms with Gasteiger partial charge in [-0.05, 0) is 57.0 Å². The van der Waals surface area contributed by atoms with Crippen molar-refractivity contribution in [2.24, 2.45) is 16.1 Å². The molecule has 0 radical (unpaired) electrons. The van der Waals surface area contributed by atoms with Gasteiger partial charge in [0, 0.05) is 22.9 Å². The Labute approximate surface area is 183 Å². The van der Waals surface area contributed by atoms with Crippen LogP contribution in [0.2, 0.25) is 5.02 Å². The lowest BCUT2D eigenvalue weighted by Gasteiger charge is -2.50. The number of aliphatic imine (C=N–C) groups is 1. The van der Waals surface area contributed by atoms with E-state index in [0.29, 0.717) is 24.3 Å². The van der Waals surface area contributed by atoms with Gasteiger partial charge in [0.1, 0.15) is 11.5 Å². The first kappa shape index (κ1) is 23.1. The van der Waals surface area contributed by atoms with Gasteiger partial charge in [0.05, 0.1) is 10.9 Å². The number of carbonyl (C=O) groups is 1. The van der Waals surface area contributed by atoms with E-state index >= 15 is 8.78 Å². The van der Waals surface area contributed by atoms with Crippen molar-refractivity contribution in [3.63, 3.8) is 0 Å². The van der Waals surface area contributed by atoms with E-state index in [2.05, 4.69) is 15.3 Å². The normalized spacial score (nSPS) is 18.1. The zero-order chi connectivity index (χ0) is 23.0. The SMILES string of the molecule is CC(N)=NC(C)(c1cc(NC(=O)c2ccc(Cl)cn2)ccc1F)C(F)(F)C1(C)CCC1. The summed E-state index contributed by atoms with van der Waals surface area (Å²) in [6, 6.07) is 6.40. The van der Waals surface area contributed by atoms with Gasteiger partial charge in [0.15, 0.2) is 5.54 Å². The van der Waals surface area contributed by atoms with Gasteiger partial charge in [0.25, 0.3) is 11.8 Å². The molecule has 2 aromatic rings. The smallest absolute Gasteiger partial charge is 0.281 e. The fourth-order valence-corrected chi connectivity index (χ4v) is 4.05. The van der Waals surface area contributed by atoms with E-state index in [1.807, 2.05) is 0 Å². The molecule has 1 amide bonds. The molecule has 0 bridgehead atoms. The maximum Gasteiger partial charge on any atom is 0.281 e. The topological polar surface area (TPSA) is 80.4 Å². The van der Waals surface area contributed by atoms with Gasteiger partial charge in [-0.3, -0.25) is 9.79 Å². The molecule has 0 saturated heterocycles. The molecule has 31 heavy (non-hydrogen) atoms. The summed E-state index contributed by atoms with van der Waals surface area (Å²) in [5, 5.41) is 2.91. The number of aromatic nitrogens is 1. The van der Waals surface area contributed by atoms with Crippen LogP contribution < -0.4 is 11.1 Å². The predicted molar refractivity (Wildman–Crippen MR) is 115 cm³/mol. The van der Waals surface area contributed by atoms with Crippen LogP contribution in [0.3, 0.4) is 0 Å². The molecule has 1 heterocycles. The molecule has 3 N–H and O–H groups in total. The van der Waals surface area contributed by atoms with E-state index in [-0.39, 0.29) is 22.8 Å². The lowest BCUT2D eigenvalue weighted by Crippen LogP contribution is -2.56. The summed E-state index contributed by atoms with van der Waals surface area (Å²) in [5.41, 5.74) is 1.93. The number of hydrogen-bond acceptors (Lipinski definition) is 3. The number of pyridine rings is 1. The molecule has 1 aliphatic rings. The van der Waals surface area contributed by atoms with Crippen LogP contribution in [-0.4, -0.2) is 22.6 Å². The lowest BCUT2D eigenvalue weighted by atomic mass is 9.60. The first-order valence-corrected chi connectivity index (χ1v) is 10.2. The van der Waals surface area contributed by atoms with Crippen molar-refractivity contribution in [1.82, 2.24) is 4.98 Å². The maximum absolute atomic E-state index is 15.8. The molecule has 5 nitrogen and oxygen atoms in total. The first-order chi connectivity index (χ1) is 14.4. The van der Waals surface area contributed by atoms with E-state index in [1.165, 1.54) is 51.2 Å². The second-order valence-corrected chi connectivity index (χ2v) is 8.76. The van der Waals surface area contributed by atoms with Gasteiger partial charge in [-0.1, -0.05) is 24.9 Å². The van der Waals surface area contributed by atoms with Crippen LogP contribution in [0, 0.1) is 11.2 Å². The molecule has 1 unspecified atom stereocenters.